The highest BCUT2D eigenvalue weighted by molar-refractivity contribution is 6.34. The number of carbonyl (C=O) groups excluding carboxylic acids is 1. The van der Waals surface area contributed by atoms with E-state index < -0.39 is 17.7 Å². The lowest BCUT2D eigenvalue weighted by molar-refractivity contribution is -0.136. The summed E-state index contributed by atoms with van der Waals surface area (Å²) < 4.78 is 18.9. The van der Waals surface area contributed by atoms with Crippen molar-refractivity contribution in [1.82, 2.24) is 4.98 Å². The molecule has 0 aliphatic carbocycles. The van der Waals surface area contributed by atoms with E-state index in [2.05, 4.69) is 10.3 Å². The number of hydrogen-bond acceptors (Lipinski definition) is 4. The van der Waals surface area contributed by atoms with E-state index >= 15 is 0 Å². The lowest BCUT2D eigenvalue weighted by Crippen LogP contribution is -2.08. The van der Waals surface area contributed by atoms with Crippen LogP contribution in [0, 0.1) is 5.82 Å². The molecule has 6 nitrogen and oxygen atoms in total. The smallest absolute Gasteiger partial charge is 0.307 e. The van der Waals surface area contributed by atoms with Gasteiger partial charge in [0.15, 0.2) is 5.58 Å². The lowest BCUT2D eigenvalue weighted by Gasteiger charge is -2.05. The molecule has 4 aromatic rings. The minimum absolute atomic E-state index is 0.0950. The van der Waals surface area contributed by atoms with Gasteiger partial charge in [0.2, 0.25) is 11.8 Å². The monoisotopic (exact) mass is 484 g/mol. The second-order valence-electron chi connectivity index (χ2n) is 7.08. The maximum Gasteiger partial charge on any atom is 0.307 e. The molecule has 3 aromatic carbocycles. The zero-order chi connectivity index (χ0) is 23.5. The number of carboxylic acids is 1. The predicted molar refractivity (Wildman–Crippen MR) is 125 cm³/mol. The molecule has 0 atom stereocenters. The minimum Gasteiger partial charge on any atom is -0.481 e. The van der Waals surface area contributed by atoms with Crippen LogP contribution in [-0.2, 0) is 16.0 Å². The third-order valence-electron chi connectivity index (χ3n) is 4.65. The van der Waals surface area contributed by atoms with Gasteiger partial charge in [0.05, 0.1) is 27.7 Å². The number of carboxylic acid groups (broad SMARTS) is 1. The SMILES string of the molecule is O=C(O)Cc1ccc2oc(-c3ccc(/C=C/C(=O)Nc4ccc(F)cc4Cl)cc3Cl)nc2c1. The van der Waals surface area contributed by atoms with Gasteiger partial charge >= 0.3 is 5.97 Å². The van der Waals surface area contributed by atoms with Gasteiger partial charge in [-0.25, -0.2) is 9.37 Å². The maximum atomic E-state index is 13.1. The van der Waals surface area contributed by atoms with Crippen molar-refractivity contribution in [2.24, 2.45) is 0 Å². The highest BCUT2D eigenvalue weighted by Crippen LogP contribution is 2.31. The zero-order valence-electron chi connectivity index (χ0n) is 16.8. The van der Waals surface area contributed by atoms with Gasteiger partial charge in [-0.3, -0.25) is 9.59 Å². The number of nitrogens with zero attached hydrogens (tertiary/aromatic N) is 1. The molecule has 0 aliphatic rings. The van der Waals surface area contributed by atoms with E-state index in [-0.39, 0.29) is 11.4 Å². The van der Waals surface area contributed by atoms with Crippen molar-refractivity contribution in [3.05, 3.63) is 87.7 Å². The molecule has 1 amide bonds. The van der Waals surface area contributed by atoms with E-state index in [0.717, 1.165) is 6.07 Å². The largest absolute Gasteiger partial charge is 0.481 e. The Hall–Kier alpha value is -3.68. The Morgan fingerprint density at radius 1 is 1.06 bits per heavy atom. The minimum atomic E-state index is -0.931. The first-order valence-electron chi connectivity index (χ1n) is 9.64. The van der Waals surface area contributed by atoms with Crippen molar-refractivity contribution in [3.63, 3.8) is 0 Å². The van der Waals surface area contributed by atoms with Crippen molar-refractivity contribution >= 4 is 57.9 Å². The molecule has 1 heterocycles. The number of halogens is 3. The molecule has 0 saturated heterocycles. The Morgan fingerprint density at radius 3 is 2.61 bits per heavy atom. The summed E-state index contributed by atoms with van der Waals surface area (Å²) in [5.74, 6) is -1.58. The van der Waals surface area contributed by atoms with Gasteiger partial charge in [-0.15, -0.1) is 0 Å². The summed E-state index contributed by atoms with van der Waals surface area (Å²) in [5, 5.41) is 12.0. The van der Waals surface area contributed by atoms with Crippen LogP contribution in [0.25, 0.3) is 28.6 Å². The summed E-state index contributed by atoms with van der Waals surface area (Å²) in [6, 6.07) is 13.8. The average Bonchev–Trinajstić information content (AvgIpc) is 3.17. The van der Waals surface area contributed by atoms with Gasteiger partial charge in [-0.05, 0) is 59.7 Å². The molecular formula is C24H15Cl2FN2O4. The highest BCUT2D eigenvalue weighted by atomic mass is 35.5. The maximum absolute atomic E-state index is 13.1. The van der Waals surface area contributed by atoms with Crippen molar-refractivity contribution < 1.29 is 23.5 Å². The quantitative estimate of drug-likeness (QED) is 0.317. The molecule has 0 spiro atoms. The fourth-order valence-corrected chi connectivity index (χ4v) is 3.60. The van der Waals surface area contributed by atoms with Crippen LogP contribution in [0.4, 0.5) is 10.1 Å². The molecule has 0 radical (unpaired) electrons. The first-order valence-corrected chi connectivity index (χ1v) is 10.4. The first-order chi connectivity index (χ1) is 15.8. The second kappa shape index (κ2) is 9.44. The summed E-state index contributed by atoms with van der Waals surface area (Å²) >= 11 is 12.3. The standard InChI is InChI=1S/C24H15Cl2FN2O4/c25-17-9-13(3-8-22(30)28-19-6-4-15(27)12-18(19)26)1-5-16(17)24-29-20-10-14(11-23(31)32)2-7-21(20)33-24/h1-10,12H,11H2,(H,28,30)(H,31,32)/b8-3+. The summed E-state index contributed by atoms with van der Waals surface area (Å²) in [6.45, 7) is 0. The van der Waals surface area contributed by atoms with Crippen LogP contribution in [0.15, 0.2) is 65.1 Å². The van der Waals surface area contributed by atoms with Crippen LogP contribution in [0.3, 0.4) is 0 Å². The third-order valence-corrected chi connectivity index (χ3v) is 5.27. The van der Waals surface area contributed by atoms with Gasteiger partial charge < -0.3 is 14.8 Å². The van der Waals surface area contributed by atoms with Gasteiger partial charge in [0.25, 0.3) is 0 Å². The van der Waals surface area contributed by atoms with E-state index in [4.69, 9.17) is 32.7 Å². The Labute approximate surface area is 197 Å². The molecule has 33 heavy (non-hydrogen) atoms. The molecule has 0 fully saturated rings. The predicted octanol–water partition coefficient (Wildman–Crippen LogP) is 6.22. The molecule has 0 unspecified atom stereocenters. The first kappa shape index (κ1) is 22.5. The average molecular weight is 485 g/mol. The topological polar surface area (TPSA) is 92.4 Å². The molecule has 2 N–H and O–H groups in total. The summed E-state index contributed by atoms with van der Waals surface area (Å²) in [7, 11) is 0. The number of fused-ring (bicyclic) bond motifs is 1. The van der Waals surface area contributed by atoms with Crippen molar-refractivity contribution in [2.45, 2.75) is 6.42 Å². The number of rotatable bonds is 6. The zero-order valence-corrected chi connectivity index (χ0v) is 18.3. The number of benzene rings is 3. The number of amides is 1. The van der Waals surface area contributed by atoms with Crippen LogP contribution in [0.1, 0.15) is 11.1 Å². The van der Waals surface area contributed by atoms with E-state index in [9.17, 15) is 14.0 Å². The second-order valence-corrected chi connectivity index (χ2v) is 7.89. The molecule has 166 valence electrons. The molecule has 4 rings (SSSR count). The Bertz CT molecular complexity index is 1420. The normalized spacial score (nSPS) is 11.2. The Balaban J connectivity index is 1.50. The van der Waals surface area contributed by atoms with Crippen molar-refractivity contribution in [3.8, 4) is 11.5 Å². The molecule has 0 bridgehead atoms. The van der Waals surface area contributed by atoms with E-state index in [0.29, 0.717) is 44.4 Å². The van der Waals surface area contributed by atoms with Gasteiger partial charge in [0.1, 0.15) is 11.3 Å². The molecule has 0 aliphatic heterocycles. The van der Waals surface area contributed by atoms with E-state index in [1.807, 2.05) is 0 Å². The number of aromatic nitrogens is 1. The highest BCUT2D eigenvalue weighted by Gasteiger charge is 2.13. The summed E-state index contributed by atoms with van der Waals surface area (Å²) in [4.78, 5) is 27.5. The number of carbonyl (C=O) groups is 2. The molecular weight excluding hydrogens is 470 g/mol. The van der Waals surface area contributed by atoms with Gasteiger partial charge in [-0.1, -0.05) is 35.3 Å². The summed E-state index contributed by atoms with van der Waals surface area (Å²) in [5.41, 5.74) is 3.15. The fraction of sp³-hybridized carbons (Fsp3) is 0.0417. The lowest BCUT2D eigenvalue weighted by atomic mass is 10.1. The number of aliphatic carboxylic acids is 1. The van der Waals surface area contributed by atoms with E-state index in [1.54, 1.807) is 42.5 Å². The Morgan fingerprint density at radius 2 is 1.88 bits per heavy atom. The molecule has 9 heteroatoms. The van der Waals surface area contributed by atoms with Gasteiger partial charge in [0, 0.05) is 6.08 Å². The van der Waals surface area contributed by atoms with Crippen LogP contribution < -0.4 is 5.32 Å². The summed E-state index contributed by atoms with van der Waals surface area (Å²) in [6.07, 6.45) is 2.75. The van der Waals surface area contributed by atoms with Crippen molar-refractivity contribution in [1.29, 1.82) is 0 Å². The fourth-order valence-electron chi connectivity index (χ4n) is 3.12. The number of oxazole rings is 1. The number of hydrogen-bond donors (Lipinski definition) is 2. The van der Waals surface area contributed by atoms with Crippen LogP contribution in [0.5, 0.6) is 0 Å². The van der Waals surface area contributed by atoms with Crippen LogP contribution in [0.2, 0.25) is 10.0 Å². The number of anilines is 1. The third kappa shape index (κ3) is 5.39. The van der Waals surface area contributed by atoms with Crippen LogP contribution in [-0.4, -0.2) is 22.0 Å². The van der Waals surface area contributed by atoms with Gasteiger partial charge in [-0.2, -0.15) is 0 Å². The Kier molecular flexibility index (Phi) is 6.44. The van der Waals surface area contributed by atoms with Crippen molar-refractivity contribution in [2.75, 3.05) is 5.32 Å². The molecule has 1 aromatic heterocycles. The van der Waals surface area contributed by atoms with E-state index in [1.165, 1.54) is 18.2 Å². The number of nitrogens with one attached hydrogen (secondary N) is 1. The van der Waals surface area contributed by atoms with Crippen LogP contribution >= 0.6 is 23.2 Å². The molecule has 0 saturated carbocycles.